The van der Waals surface area contributed by atoms with E-state index in [4.69, 9.17) is 9.15 Å². The molecule has 1 aromatic carbocycles. The number of rotatable bonds is 6. The second-order valence-corrected chi connectivity index (χ2v) is 7.03. The van der Waals surface area contributed by atoms with Crippen LogP contribution in [0.1, 0.15) is 29.4 Å². The minimum absolute atomic E-state index is 0.00245. The predicted octanol–water partition coefficient (Wildman–Crippen LogP) is 3.40. The fraction of sp³-hybridized carbons (Fsp3) is 0.250. The zero-order valence-corrected chi connectivity index (χ0v) is 15.5. The molecule has 2 heterocycles. The van der Waals surface area contributed by atoms with Gasteiger partial charge in [-0.05, 0) is 24.6 Å². The van der Waals surface area contributed by atoms with Gasteiger partial charge in [-0.15, -0.1) is 0 Å². The molecule has 1 amide bonds. The smallest absolute Gasteiger partial charge is 0.316 e. The molecular weight excluding hydrogens is 364 g/mol. The number of amides is 1. The molecule has 0 fully saturated rings. The van der Waals surface area contributed by atoms with Crippen LogP contribution in [0.25, 0.3) is 0 Å². The van der Waals surface area contributed by atoms with E-state index in [0.717, 1.165) is 17.3 Å². The number of nitriles is 1. The molecule has 27 heavy (non-hydrogen) atoms. The highest BCUT2D eigenvalue weighted by molar-refractivity contribution is 8.03. The molecule has 1 aliphatic rings. The van der Waals surface area contributed by atoms with Crippen LogP contribution in [0.3, 0.4) is 0 Å². The summed E-state index contributed by atoms with van der Waals surface area (Å²) in [5.41, 5.74) is 1.29. The van der Waals surface area contributed by atoms with E-state index < -0.39 is 11.9 Å². The first kappa shape index (κ1) is 18.8. The third kappa shape index (κ3) is 4.80. The molecule has 1 N–H and O–H groups in total. The molecule has 6 nitrogen and oxygen atoms in total. The molecule has 138 valence electrons. The van der Waals surface area contributed by atoms with E-state index in [1.807, 2.05) is 30.3 Å². The van der Waals surface area contributed by atoms with Crippen molar-refractivity contribution in [3.05, 3.63) is 70.2 Å². The molecular formula is C20H18N2O4S. The van der Waals surface area contributed by atoms with Gasteiger partial charge in [0, 0.05) is 6.42 Å². The standard InChI is InChI=1S/C20H18N2O4S/c1-13-7-8-17(26-13)15-9-18(23)22-20(16(15)10-21)27-12-19(24)25-11-14-5-3-2-4-6-14/h2-8,15H,9,11-12H2,1H3,(H,22,23)/t15-/m0/s1. The molecule has 7 heteroatoms. The molecule has 2 aromatic rings. The Morgan fingerprint density at radius 2 is 2.11 bits per heavy atom. The topological polar surface area (TPSA) is 92.3 Å². The number of carbonyl (C=O) groups is 2. The fourth-order valence-corrected chi connectivity index (χ4v) is 3.60. The van der Waals surface area contributed by atoms with E-state index in [0.29, 0.717) is 22.1 Å². The van der Waals surface area contributed by atoms with E-state index in [9.17, 15) is 14.9 Å². The number of nitrogens with zero attached hydrogens (tertiary/aromatic N) is 1. The van der Waals surface area contributed by atoms with Crippen molar-refractivity contribution >= 4 is 23.6 Å². The Morgan fingerprint density at radius 1 is 1.33 bits per heavy atom. The van der Waals surface area contributed by atoms with E-state index in [-0.39, 0.29) is 24.7 Å². The Morgan fingerprint density at radius 3 is 2.78 bits per heavy atom. The summed E-state index contributed by atoms with van der Waals surface area (Å²) >= 11 is 1.09. The lowest BCUT2D eigenvalue weighted by atomic mass is 9.92. The second-order valence-electron chi connectivity index (χ2n) is 6.04. The summed E-state index contributed by atoms with van der Waals surface area (Å²) in [5, 5.41) is 12.6. The average Bonchev–Trinajstić information content (AvgIpc) is 3.11. The van der Waals surface area contributed by atoms with Gasteiger partial charge in [0.1, 0.15) is 18.1 Å². The molecule has 0 saturated carbocycles. The summed E-state index contributed by atoms with van der Waals surface area (Å²) in [7, 11) is 0. The Bertz CT molecular complexity index is 912. The maximum Gasteiger partial charge on any atom is 0.316 e. The maximum absolute atomic E-state index is 12.1. The first-order chi connectivity index (χ1) is 13.1. The number of hydrogen-bond donors (Lipinski definition) is 1. The molecule has 1 atom stereocenters. The third-order valence-corrected chi connectivity index (χ3v) is 5.03. The molecule has 0 bridgehead atoms. The Balaban J connectivity index is 1.66. The summed E-state index contributed by atoms with van der Waals surface area (Å²) in [6.07, 6.45) is 0.137. The molecule has 0 saturated heterocycles. The predicted molar refractivity (Wildman–Crippen MR) is 100 cm³/mol. The number of furan rings is 1. The van der Waals surface area contributed by atoms with Gasteiger partial charge < -0.3 is 14.5 Å². The molecule has 0 aliphatic carbocycles. The number of nitrogens with one attached hydrogen (secondary N) is 1. The monoisotopic (exact) mass is 382 g/mol. The number of hydrogen-bond acceptors (Lipinski definition) is 6. The highest BCUT2D eigenvalue weighted by atomic mass is 32.2. The number of ether oxygens (including phenoxy) is 1. The van der Waals surface area contributed by atoms with Gasteiger partial charge in [-0.1, -0.05) is 42.1 Å². The van der Waals surface area contributed by atoms with Gasteiger partial charge in [-0.25, -0.2) is 0 Å². The van der Waals surface area contributed by atoms with E-state index in [1.54, 1.807) is 19.1 Å². The Hall–Kier alpha value is -2.98. The summed E-state index contributed by atoms with van der Waals surface area (Å²) in [4.78, 5) is 24.1. The quantitative estimate of drug-likeness (QED) is 0.770. The van der Waals surface area contributed by atoms with Crippen LogP contribution in [0.15, 0.2) is 57.5 Å². The van der Waals surface area contributed by atoms with Crippen molar-refractivity contribution in [2.24, 2.45) is 0 Å². The number of esters is 1. The van der Waals surface area contributed by atoms with Crippen molar-refractivity contribution in [2.45, 2.75) is 25.9 Å². The van der Waals surface area contributed by atoms with Crippen molar-refractivity contribution in [1.29, 1.82) is 5.26 Å². The van der Waals surface area contributed by atoms with Crippen molar-refractivity contribution < 1.29 is 18.7 Å². The van der Waals surface area contributed by atoms with Crippen LogP contribution < -0.4 is 5.32 Å². The number of aryl methyl sites for hydroxylation is 1. The van der Waals surface area contributed by atoms with Gasteiger partial charge >= 0.3 is 5.97 Å². The summed E-state index contributed by atoms with van der Waals surface area (Å²) in [5.74, 6) is 0.209. The van der Waals surface area contributed by atoms with Crippen LogP contribution in [0.2, 0.25) is 0 Å². The van der Waals surface area contributed by atoms with Crippen LogP contribution in [0.5, 0.6) is 0 Å². The number of allylic oxidation sites excluding steroid dienone is 1. The number of benzene rings is 1. The summed E-state index contributed by atoms with van der Waals surface area (Å²) in [6.45, 7) is 1.99. The van der Waals surface area contributed by atoms with Crippen LogP contribution >= 0.6 is 11.8 Å². The molecule has 1 aliphatic heterocycles. The zero-order chi connectivity index (χ0) is 19.2. The highest BCUT2D eigenvalue weighted by Crippen LogP contribution is 2.36. The molecule has 0 unspecified atom stereocenters. The lowest BCUT2D eigenvalue weighted by Gasteiger charge is -2.23. The normalized spacial score (nSPS) is 16.6. The van der Waals surface area contributed by atoms with E-state index in [1.165, 1.54) is 0 Å². The summed E-state index contributed by atoms with van der Waals surface area (Å²) < 4.78 is 10.8. The molecule has 0 spiro atoms. The highest BCUT2D eigenvalue weighted by Gasteiger charge is 2.31. The molecule has 1 aromatic heterocycles. The largest absolute Gasteiger partial charge is 0.466 e. The maximum atomic E-state index is 12.1. The van der Waals surface area contributed by atoms with Crippen molar-refractivity contribution in [2.75, 3.05) is 5.75 Å². The van der Waals surface area contributed by atoms with Crippen molar-refractivity contribution in [3.63, 3.8) is 0 Å². The molecule has 3 rings (SSSR count). The summed E-state index contributed by atoms with van der Waals surface area (Å²) in [6, 6.07) is 15.1. The van der Waals surface area contributed by atoms with Gasteiger partial charge in [0.2, 0.25) is 5.91 Å². The average molecular weight is 382 g/mol. The van der Waals surface area contributed by atoms with Gasteiger partial charge in [0.15, 0.2) is 0 Å². The second kappa shape index (κ2) is 8.60. The lowest BCUT2D eigenvalue weighted by molar-refractivity contribution is -0.141. The SMILES string of the molecule is Cc1ccc([C@H]2CC(=O)NC(SCC(=O)OCc3ccccc3)=C2C#N)o1. The van der Waals surface area contributed by atoms with Crippen LogP contribution in [0, 0.1) is 18.3 Å². The first-order valence-corrected chi connectivity index (χ1v) is 9.38. The fourth-order valence-electron chi connectivity index (χ4n) is 2.73. The minimum Gasteiger partial charge on any atom is -0.466 e. The van der Waals surface area contributed by atoms with Crippen molar-refractivity contribution in [3.8, 4) is 6.07 Å². The van der Waals surface area contributed by atoms with Gasteiger partial charge in [-0.2, -0.15) is 5.26 Å². The van der Waals surface area contributed by atoms with Gasteiger partial charge in [-0.3, -0.25) is 9.59 Å². The minimum atomic E-state index is -0.444. The van der Waals surface area contributed by atoms with E-state index >= 15 is 0 Å². The van der Waals surface area contributed by atoms with Crippen LogP contribution in [-0.2, 0) is 20.9 Å². The number of carbonyl (C=O) groups excluding carboxylic acids is 2. The molecule has 0 radical (unpaired) electrons. The Kier molecular flexibility index (Phi) is 5.99. The van der Waals surface area contributed by atoms with Crippen molar-refractivity contribution in [1.82, 2.24) is 5.32 Å². The number of thioether (sulfide) groups is 1. The lowest BCUT2D eigenvalue weighted by Crippen LogP contribution is -2.31. The third-order valence-electron chi connectivity index (χ3n) is 4.04. The van der Waals surface area contributed by atoms with Gasteiger partial charge in [0.25, 0.3) is 0 Å². The zero-order valence-electron chi connectivity index (χ0n) is 14.7. The Labute approximate surface area is 161 Å². The first-order valence-electron chi connectivity index (χ1n) is 8.39. The van der Waals surface area contributed by atoms with Gasteiger partial charge in [0.05, 0.1) is 28.3 Å². The van der Waals surface area contributed by atoms with E-state index in [2.05, 4.69) is 11.4 Å². The van der Waals surface area contributed by atoms with Crippen LogP contribution in [-0.4, -0.2) is 17.6 Å². The van der Waals surface area contributed by atoms with Crippen LogP contribution in [0.4, 0.5) is 0 Å².